The molecule has 0 fully saturated rings. The highest BCUT2D eigenvalue weighted by molar-refractivity contribution is 14.1. The fourth-order valence-corrected chi connectivity index (χ4v) is 6.16. The normalized spacial score (nSPS) is 17.8. The number of nitrogens with zero attached hydrogens (tertiary/aromatic N) is 1. The Morgan fingerprint density at radius 1 is 1.13 bits per heavy atom. The number of hydrogen-bond acceptors (Lipinski definition) is 9. The minimum Gasteiger partial charge on any atom is -0.493 e. The number of halogens is 1. The van der Waals surface area contributed by atoms with Crippen molar-refractivity contribution in [2.45, 2.75) is 57.3 Å². The van der Waals surface area contributed by atoms with Crippen LogP contribution in [0.3, 0.4) is 0 Å². The number of methoxy groups -OCH3 is 2. The number of carbonyl (C=O) groups excluding carboxylic acids is 3. The molecular formula is C33H39IN2O9. The number of nitrogens with one attached hydrogen (secondary N) is 1. The monoisotopic (exact) mass is 734 g/mol. The van der Waals surface area contributed by atoms with E-state index in [1.165, 1.54) is 26.4 Å². The molecule has 0 bridgehead atoms. The van der Waals surface area contributed by atoms with Crippen molar-refractivity contribution in [1.82, 2.24) is 10.2 Å². The second kappa shape index (κ2) is 16.1. The molecule has 2 aromatic carbocycles. The summed E-state index contributed by atoms with van der Waals surface area (Å²) in [4.78, 5) is 40.4. The standard InChI is InChI=1S/C33H39IN2O9/c1-4-5-6-7-12-36(33(41)28-17-21-9-8-10-25(42-2)30(21)45-28)24-16-22(32(40)35-11-13-37)18-26(29(24)39)44-31-23(34)14-20(19-38)15-27(31)43-3/h8-10,14-15,17-19,24,26,29,37,39H,4-7,11-13,16H2,1-3H3,(H,35,40). The molecule has 1 heterocycles. The summed E-state index contributed by atoms with van der Waals surface area (Å²) in [7, 11) is 2.96. The molecule has 3 N–H and O–H groups in total. The molecule has 0 saturated heterocycles. The third-order valence-electron chi connectivity index (χ3n) is 7.71. The molecule has 3 aromatic rings. The summed E-state index contributed by atoms with van der Waals surface area (Å²) in [6.07, 6.45) is 3.47. The molecule has 0 radical (unpaired) electrons. The fourth-order valence-electron chi connectivity index (χ4n) is 5.41. The minimum absolute atomic E-state index is 0.0360. The van der Waals surface area contributed by atoms with Crippen LogP contribution in [0.25, 0.3) is 11.0 Å². The minimum atomic E-state index is -1.25. The Morgan fingerprint density at radius 2 is 1.91 bits per heavy atom. The number of aldehydes is 1. The number of benzene rings is 2. The number of ether oxygens (including phenoxy) is 3. The van der Waals surface area contributed by atoms with Crippen molar-refractivity contribution >= 4 is 51.7 Å². The number of amides is 2. The first-order valence-corrected chi connectivity index (χ1v) is 16.0. The molecule has 1 aliphatic carbocycles. The summed E-state index contributed by atoms with van der Waals surface area (Å²) >= 11 is 2.01. The van der Waals surface area contributed by atoms with Crippen molar-refractivity contribution in [3.05, 3.63) is 62.9 Å². The predicted octanol–water partition coefficient (Wildman–Crippen LogP) is 4.51. The Bertz CT molecular complexity index is 1540. The van der Waals surface area contributed by atoms with Gasteiger partial charge in [0.2, 0.25) is 5.91 Å². The van der Waals surface area contributed by atoms with Gasteiger partial charge in [-0.05, 0) is 59.4 Å². The Morgan fingerprint density at radius 3 is 2.60 bits per heavy atom. The second-order valence-electron chi connectivity index (χ2n) is 10.7. The van der Waals surface area contributed by atoms with Crippen molar-refractivity contribution in [2.24, 2.45) is 0 Å². The van der Waals surface area contributed by atoms with Gasteiger partial charge in [0.1, 0.15) is 18.5 Å². The first kappa shape index (κ1) is 34.3. The summed E-state index contributed by atoms with van der Waals surface area (Å²) in [5.74, 6) is 0.247. The number of aliphatic hydroxyl groups is 2. The van der Waals surface area contributed by atoms with E-state index >= 15 is 0 Å². The summed E-state index contributed by atoms with van der Waals surface area (Å²) in [6.45, 7) is 2.19. The molecule has 11 nitrogen and oxygen atoms in total. The van der Waals surface area contributed by atoms with E-state index in [1.807, 2.05) is 28.7 Å². The van der Waals surface area contributed by atoms with Gasteiger partial charge in [0.25, 0.3) is 5.91 Å². The molecule has 0 aliphatic heterocycles. The number of furan rings is 1. The van der Waals surface area contributed by atoms with Crippen molar-refractivity contribution < 1.29 is 43.2 Å². The highest BCUT2D eigenvalue weighted by Gasteiger charge is 2.41. The summed E-state index contributed by atoms with van der Waals surface area (Å²) < 4.78 is 23.8. The van der Waals surface area contributed by atoms with Crippen LogP contribution in [0.4, 0.5) is 0 Å². The number of para-hydroxylation sites is 1. The van der Waals surface area contributed by atoms with Gasteiger partial charge in [-0.3, -0.25) is 14.4 Å². The highest BCUT2D eigenvalue weighted by atomic mass is 127. The number of unbranched alkanes of at least 4 members (excludes halogenated alkanes) is 3. The van der Waals surface area contributed by atoms with Gasteiger partial charge in [-0.15, -0.1) is 0 Å². The zero-order valence-electron chi connectivity index (χ0n) is 25.6. The Kier molecular flexibility index (Phi) is 12.3. The van der Waals surface area contributed by atoms with Gasteiger partial charge in [-0.2, -0.15) is 0 Å². The third kappa shape index (κ3) is 7.97. The van der Waals surface area contributed by atoms with E-state index in [0.717, 1.165) is 19.3 Å². The quantitative estimate of drug-likeness (QED) is 0.117. The SMILES string of the molecule is CCCCCCN(C(=O)c1cc2cccc(OC)c2o1)C1CC(C(=O)NCCO)=CC(Oc2c(I)cc(C=O)cc2OC)C1O. The molecule has 12 heteroatoms. The first-order valence-electron chi connectivity index (χ1n) is 14.9. The van der Waals surface area contributed by atoms with Crippen molar-refractivity contribution in [1.29, 1.82) is 0 Å². The molecule has 4 rings (SSSR count). The Hall–Kier alpha value is -3.62. The van der Waals surface area contributed by atoms with Crippen molar-refractivity contribution in [2.75, 3.05) is 33.9 Å². The van der Waals surface area contributed by atoms with E-state index in [1.54, 1.807) is 29.2 Å². The van der Waals surface area contributed by atoms with Crippen LogP contribution in [0.15, 0.2) is 52.5 Å². The van der Waals surface area contributed by atoms with E-state index in [-0.39, 0.29) is 36.8 Å². The van der Waals surface area contributed by atoms with Gasteiger partial charge in [-0.1, -0.05) is 38.3 Å². The smallest absolute Gasteiger partial charge is 0.289 e. The Balaban J connectivity index is 1.75. The lowest BCUT2D eigenvalue weighted by molar-refractivity contribution is -0.118. The van der Waals surface area contributed by atoms with Crippen LogP contribution in [0, 0.1) is 3.57 Å². The van der Waals surface area contributed by atoms with Crippen LogP contribution in [-0.2, 0) is 4.79 Å². The molecule has 45 heavy (non-hydrogen) atoms. The first-order chi connectivity index (χ1) is 21.8. The maximum atomic E-state index is 14.2. The van der Waals surface area contributed by atoms with E-state index in [4.69, 9.17) is 18.6 Å². The summed E-state index contributed by atoms with van der Waals surface area (Å²) in [5, 5.41) is 24.5. The molecule has 2 amide bonds. The molecular weight excluding hydrogens is 695 g/mol. The van der Waals surface area contributed by atoms with Crippen LogP contribution in [-0.4, -0.2) is 85.4 Å². The van der Waals surface area contributed by atoms with Gasteiger partial charge < -0.3 is 39.1 Å². The summed E-state index contributed by atoms with van der Waals surface area (Å²) in [6, 6.07) is 9.30. The molecule has 1 aromatic heterocycles. The molecule has 1 aliphatic rings. The van der Waals surface area contributed by atoms with Crippen molar-refractivity contribution in [3.8, 4) is 17.2 Å². The van der Waals surface area contributed by atoms with E-state index in [0.29, 0.717) is 50.7 Å². The Labute approximate surface area is 275 Å². The van der Waals surface area contributed by atoms with E-state index in [9.17, 15) is 24.6 Å². The fraction of sp³-hybridized carbons (Fsp3) is 0.424. The summed E-state index contributed by atoms with van der Waals surface area (Å²) in [5.41, 5.74) is 1.11. The van der Waals surface area contributed by atoms with Crippen LogP contribution < -0.4 is 19.5 Å². The maximum Gasteiger partial charge on any atom is 0.289 e. The zero-order valence-corrected chi connectivity index (χ0v) is 27.7. The molecule has 3 atom stereocenters. The molecule has 3 unspecified atom stereocenters. The number of aliphatic hydroxyl groups excluding tert-OH is 2. The lowest BCUT2D eigenvalue weighted by Gasteiger charge is -2.40. The predicted molar refractivity (Wildman–Crippen MR) is 176 cm³/mol. The number of hydrogen-bond donors (Lipinski definition) is 3. The van der Waals surface area contributed by atoms with Crippen LogP contribution >= 0.6 is 22.6 Å². The third-order valence-corrected chi connectivity index (χ3v) is 8.51. The van der Waals surface area contributed by atoms with Gasteiger partial charge in [-0.25, -0.2) is 0 Å². The van der Waals surface area contributed by atoms with Gasteiger partial charge in [0.15, 0.2) is 28.6 Å². The number of fused-ring (bicyclic) bond motifs is 1. The molecule has 0 saturated carbocycles. The average molecular weight is 735 g/mol. The lowest BCUT2D eigenvalue weighted by Crippen LogP contribution is -2.55. The van der Waals surface area contributed by atoms with E-state index < -0.39 is 30.1 Å². The van der Waals surface area contributed by atoms with Crippen LogP contribution in [0.1, 0.15) is 59.9 Å². The van der Waals surface area contributed by atoms with Gasteiger partial charge in [0.05, 0.1) is 30.4 Å². The average Bonchev–Trinajstić information content (AvgIpc) is 3.50. The van der Waals surface area contributed by atoms with E-state index in [2.05, 4.69) is 12.2 Å². The molecule has 0 spiro atoms. The van der Waals surface area contributed by atoms with Crippen molar-refractivity contribution in [3.63, 3.8) is 0 Å². The van der Waals surface area contributed by atoms with Gasteiger partial charge in [0, 0.05) is 36.0 Å². The molecule has 242 valence electrons. The largest absolute Gasteiger partial charge is 0.493 e. The topological polar surface area (TPSA) is 148 Å². The van der Waals surface area contributed by atoms with Crippen LogP contribution in [0.2, 0.25) is 0 Å². The number of carbonyl (C=O) groups is 3. The lowest BCUT2D eigenvalue weighted by atomic mass is 9.87. The van der Waals surface area contributed by atoms with Crippen LogP contribution in [0.5, 0.6) is 17.2 Å². The van der Waals surface area contributed by atoms with Gasteiger partial charge >= 0.3 is 0 Å². The highest BCUT2D eigenvalue weighted by Crippen LogP contribution is 2.37. The zero-order chi connectivity index (χ0) is 32.5. The second-order valence-corrected chi connectivity index (χ2v) is 11.9. The maximum absolute atomic E-state index is 14.2. The number of rotatable bonds is 15.